The first-order chi connectivity index (χ1) is 7.03. The van der Waals surface area contributed by atoms with Gasteiger partial charge >= 0.3 is 0 Å². The Balaban J connectivity index is 2.46. The Morgan fingerprint density at radius 2 is 1.73 bits per heavy atom. The van der Waals surface area contributed by atoms with Gasteiger partial charge in [-0.3, -0.25) is 0 Å². The van der Waals surface area contributed by atoms with Crippen molar-refractivity contribution in [2.45, 2.75) is 31.9 Å². The third-order valence-corrected chi connectivity index (χ3v) is 6.81. The molecule has 1 aromatic rings. The molecule has 0 aliphatic carbocycles. The second-order valence-corrected chi connectivity index (χ2v) is 11.4. The first kappa shape index (κ1) is 12.9. The maximum Gasteiger partial charge on any atom is 0.251 e. The van der Waals surface area contributed by atoms with Crippen molar-refractivity contribution in [3.8, 4) is 5.75 Å². The van der Waals surface area contributed by atoms with E-state index in [1.807, 2.05) is 12.1 Å². The third-order valence-electron chi connectivity index (χ3n) is 2.33. The standard InChI is InChI=1S/C11H16Cl2OSi/c1-2-8-15(12,13)9-7-10-3-5-11(14)6-4-10/h3-6,14H,2,7-9H2,1H3. The maximum atomic E-state index is 9.13. The summed E-state index contributed by atoms with van der Waals surface area (Å²) < 4.78 is 0. The minimum Gasteiger partial charge on any atom is -0.508 e. The highest BCUT2D eigenvalue weighted by molar-refractivity contribution is 7.45. The van der Waals surface area contributed by atoms with Crippen molar-refractivity contribution in [3.63, 3.8) is 0 Å². The van der Waals surface area contributed by atoms with Crippen molar-refractivity contribution in [1.29, 1.82) is 0 Å². The molecule has 0 amide bonds. The largest absolute Gasteiger partial charge is 0.508 e. The van der Waals surface area contributed by atoms with Crippen LogP contribution in [0.1, 0.15) is 18.9 Å². The van der Waals surface area contributed by atoms with Gasteiger partial charge in [0.25, 0.3) is 6.69 Å². The quantitative estimate of drug-likeness (QED) is 0.621. The van der Waals surface area contributed by atoms with Crippen LogP contribution in [0.3, 0.4) is 0 Å². The fourth-order valence-electron chi connectivity index (χ4n) is 1.48. The van der Waals surface area contributed by atoms with Gasteiger partial charge in [-0.1, -0.05) is 25.5 Å². The molecule has 0 saturated heterocycles. The van der Waals surface area contributed by atoms with E-state index < -0.39 is 6.69 Å². The minimum atomic E-state index is -2.02. The van der Waals surface area contributed by atoms with Crippen LogP contribution in [0.15, 0.2) is 24.3 Å². The third kappa shape index (κ3) is 4.91. The van der Waals surface area contributed by atoms with Crippen LogP contribution in [-0.2, 0) is 6.42 Å². The van der Waals surface area contributed by atoms with Gasteiger partial charge < -0.3 is 5.11 Å². The fraction of sp³-hybridized carbons (Fsp3) is 0.455. The van der Waals surface area contributed by atoms with Crippen molar-refractivity contribution >= 4 is 28.9 Å². The van der Waals surface area contributed by atoms with Crippen molar-refractivity contribution in [1.82, 2.24) is 0 Å². The molecule has 0 atom stereocenters. The number of benzene rings is 1. The van der Waals surface area contributed by atoms with E-state index in [-0.39, 0.29) is 0 Å². The van der Waals surface area contributed by atoms with Gasteiger partial charge in [0.1, 0.15) is 5.75 Å². The molecule has 15 heavy (non-hydrogen) atoms. The molecule has 1 aromatic carbocycles. The number of phenols is 1. The van der Waals surface area contributed by atoms with E-state index in [9.17, 15) is 0 Å². The zero-order chi connectivity index (χ0) is 11.3. The lowest BCUT2D eigenvalue weighted by atomic mass is 10.2. The van der Waals surface area contributed by atoms with Crippen molar-refractivity contribution in [2.24, 2.45) is 0 Å². The van der Waals surface area contributed by atoms with Gasteiger partial charge in [0.15, 0.2) is 0 Å². The van der Waals surface area contributed by atoms with Crippen LogP contribution < -0.4 is 0 Å². The molecular formula is C11H16Cl2OSi. The number of halogens is 2. The second-order valence-electron chi connectivity index (χ2n) is 3.77. The van der Waals surface area contributed by atoms with Crippen molar-refractivity contribution in [3.05, 3.63) is 29.8 Å². The van der Waals surface area contributed by atoms with Crippen LogP contribution in [0.2, 0.25) is 12.1 Å². The van der Waals surface area contributed by atoms with Crippen LogP contribution in [-0.4, -0.2) is 11.8 Å². The molecule has 0 heterocycles. The SMILES string of the molecule is CCC[Si](Cl)(Cl)CCc1ccc(O)cc1. The summed E-state index contributed by atoms with van der Waals surface area (Å²) in [5.41, 5.74) is 1.18. The highest BCUT2D eigenvalue weighted by atomic mass is 35.7. The Morgan fingerprint density at radius 1 is 1.13 bits per heavy atom. The van der Waals surface area contributed by atoms with Gasteiger partial charge in [-0.25, -0.2) is 0 Å². The molecule has 1 rings (SSSR count). The molecule has 0 spiro atoms. The summed E-state index contributed by atoms with van der Waals surface area (Å²) in [4.78, 5) is 0. The number of aromatic hydroxyl groups is 1. The van der Waals surface area contributed by atoms with Gasteiger partial charge in [-0.2, -0.15) is 0 Å². The minimum absolute atomic E-state index is 0.299. The summed E-state index contributed by atoms with van der Waals surface area (Å²) in [6, 6.07) is 9.06. The molecule has 0 bridgehead atoms. The topological polar surface area (TPSA) is 20.2 Å². The van der Waals surface area contributed by atoms with Crippen LogP contribution in [0, 0.1) is 0 Å². The van der Waals surface area contributed by atoms with Crippen LogP contribution >= 0.6 is 22.2 Å². The average Bonchev–Trinajstić information content (AvgIpc) is 2.17. The first-order valence-corrected chi connectivity index (χ1v) is 9.63. The lowest BCUT2D eigenvalue weighted by molar-refractivity contribution is 0.475. The molecule has 4 heteroatoms. The molecule has 0 saturated carbocycles. The highest BCUT2D eigenvalue weighted by Crippen LogP contribution is 2.28. The Kier molecular flexibility index (Phi) is 4.96. The summed E-state index contributed by atoms with van der Waals surface area (Å²) >= 11 is 12.5. The predicted molar refractivity (Wildman–Crippen MR) is 69.2 cm³/mol. The molecule has 1 N–H and O–H groups in total. The number of aryl methyl sites for hydroxylation is 1. The molecule has 84 valence electrons. The van der Waals surface area contributed by atoms with Crippen LogP contribution in [0.5, 0.6) is 5.75 Å². The summed E-state index contributed by atoms with van der Waals surface area (Å²) in [5, 5.41) is 9.13. The first-order valence-electron chi connectivity index (χ1n) is 5.19. The van der Waals surface area contributed by atoms with Gasteiger partial charge in [0.05, 0.1) is 0 Å². The monoisotopic (exact) mass is 262 g/mol. The van der Waals surface area contributed by atoms with E-state index in [4.69, 9.17) is 27.3 Å². The number of rotatable bonds is 5. The Bertz CT molecular complexity index is 298. The average molecular weight is 263 g/mol. The number of phenolic OH excluding ortho intramolecular Hbond substituents is 1. The highest BCUT2D eigenvalue weighted by Gasteiger charge is 2.26. The zero-order valence-corrected chi connectivity index (χ0v) is 11.4. The summed E-state index contributed by atoms with van der Waals surface area (Å²) in [6.07, 6.45) is 1.95. The summed E-state index contributed by atoms with van der Waals surface area (Å²) in [5.74, 6) is 0.299. The Morgan fingerprint density at radius 3 is 2.27 bits per heavy atom. The molecule has 0 radical (unpaired) electrons. The van der Waals surface area contributed by atoms with Gasteiger partial charge in [-0.05, 0) is 36.2 Å². The van der Waals surface area contributed by atoms with E-state index in [2.05, 4.69) is 6.92 Å². The normalized spacial score (nSPS) is 11.7. The lowest BCUT2D eigenvalue weighted by Crippen LogP contribution is -2.18. The van der Waals surface area contributed by atoms with Gasteiger partial charge in [0.2, 0.25) is 0 Å². The molecule has 0 unspecified atom stereocenters. The molecule has 0 aromatic heterocycles. The predicted octanol–water partition coefficient (Wildman–Crippen LogP) is 4.26. The molecule has 1 nitrogen and oxygen atoms in total. The number of hydrogen-bond acceptors (Lipinski definition) is 1. The lowest BCUT2D eigenvalue weighted by Gasteiger charge is -2.15. The Hall–Kier alpha value is -0.183. The van der Waals surface area contributed by atoms with E-state index >= 15 is 0 Å². The van der Waals surface area contributed by atoms with Gasteiger partial charge in [0, 0.05) is 0 Å². The number of hydrogen-bond donors (Lipinski definition) is 1. The van der Waals surface area contributed by atoms with E-state index in [1.165, 1.54) is 5.56 Å². The van der Waals surface area contributed by atoms with E-state index in [0.717, 1.165) is 24.9 Å². The maximum absolute atomic E-state index is 9.13. The summed E-state index contributed by atoms with van der Waals surface area (Å²) in [7, 11) is 0. The van der Waals surface area contributed by atoms with E-state index in [0.29, 0.717) is 5.75 Å². The fourth-order valence-corrected chi connectivity index (χ4v) is 4.82. The molecular weight excluding hydrogens is 247 g/mol. The van der Waals surface area contributed by atoms with E-state index in [1.54, 1.807) is 12.1 Å². The zero-order valence-electron chi connectivity index (χ0n) is 8.84. The Labute approximate surface area is 101 Å². The van der Waals surface area contributed by atoms with Crippen molar-refractivity contribution < 1.29 is 5.11 Å². The second kappa shape index (κ2) is 5.78. The van der Waals surface area contributed by atoms with Crippen LogP contribution in [0.25, 0.3) is 0 Å². The van der Waals surface area contributed by atoms with Crippen LogP contribution in [0.4, 0.5) is 0 Å². The summed E-state index contributed by atoms with van der Waals surface area (Å²) in [6.45, 7) is 0.0865. The molecule has 0 fully saturated rings. The molecule has 0 aliphatic rings. The van der Waals surface area contributed by atoms with Gasteiger partial charge in [-0.15, -0.1) is 22.2 Å². The van der Waals surface area contributed by atoms with Crippen molar-refractivity contribution in [2.75, 3.05) is 0 Å². The molecule has 0 aliphatic heterocycles. The smallest absolute Gasteiger partial charge is 0.251 e.